The van der Waals surface area contributed by atoms with Crippen LogP contribution in [-0.2, 0) is 4.79 Å². The van der Waals surface area contributed by atoms with Gasteiger partial charge in [0.25, 0.3) is 0 Å². The molecule has 0 aromatic rings. The highest BCUT2D eigenvalue weighted by atomic mass is 16.4. The molecule has 0 bridgehead atoms. The van der Waals surface area contributed by atoms with Crippen molar-refractivity contribution in [1.82, 2.24) is 0 Å². The molecule has 78 valence electrons. The van der Waals surface area contributed by atoms with E-state index in [0.29, 0.717) is 0 Å². The third-order valence-electron chi connectivity index (χ3n) is 1.66. The first-order valence-electron chi connectivity index (χ1n) is 4.93. The first kappa shape index (κ1) is 12.7. The van der Waals surface area contributed by atoms with Gasteiger partial charge in [-0.15, -0.1) is 0 Å². The number of unbranched alkanes of at least 4 members (excludes halogenated alkanes) is 2. The van der Waals surface area contributed by atoms with Crippen LogP contribution >= 0.6 is 0 Å². The van der Waals surface area contributed by atoms with Crippen LogP contribution in [0.25, 0.3) is 0 Å². The molecule has 0 amide bonds. The van der Waals surface area contributed by atoms with Crippen LogP contribution in [0.1, 0.15) is 32.6 Å². The molecule has 1 N–H and O–H groups in total. The summed E-state index contributed by atoms with van der Waals surface area (Å²) < 4.78 is 0. The largest absolute Gasteiger partial charge is 0.478 e. The topological polar surface area (TPSA) is 37.3 Å². The number of hydrogen-bond acceptors (Lipinski definition) is 1. The molecule has 0 heterocycles. The number of carboxylic acids is 1. The third kappa shape index (κ3) is 10.7. The minimum absolute atomic E-state index is 0.798. The molecule has 0 saturated carbocycles. The highest BCUT2D eigenvalue weighted by Gasteiger charge is 1.83. The maximum absolute atomic E-state index is 10.1. The molecule has 14 heavy (non-hydrogen) atoms. The van der Waals surface area contributed by atoms with Crippen LogP contribution < -0.4 is 0 Å². The zero-order chi connectivity index (χ0) is 10.6. The Morgan fingerprint density at radius 2 is 1.50 bits per heavy atom. The highest BCUT2D eigenvalue weighted by Crippen LogP contribution is 1.97. The maximum Gasteiger partial charge on any atom is 0.327 e. The highest BCUT2D eigenvalue weighted by molar-refractivity contribution is 5.79. The normalized spacial score (nSPS) is 12.1. The SMILES string of the molecule is C/C=C/CC/C=C/CC/C=C/C(=O)O. The second kappa shape index (κ2) is 9.78. The fourth-order valence-corrected chi connectivity index (χ4v) is 0.971. The molecule has 0 aromatic carbocycles. The van der Waals surface area contributed by atoms with Gasteiger partial charge in [-0.3, -0.25) is 0 Å². The second-order valence-electron chi connectivity index (χ2n) is 2.94. The average molecular weight is 194 g/mol. The molecule has 0 aliphatic rings. The molecular formula is C12H18O2. The molecule has 0 fully saturated rings. The summed E-state index contributed by atoms with van der Waals surface area (Å²) in [5, 5.41) is 8.30. The maximum atomic E-state index is 10.1. The number of carboxylic acid groups (broad SMARTS) is 1. The zero-order valence-electron chi connectivity index (χ0n) is 8.65. The number of carbonyl (C=O) groups is 1. The van der Waals surface area contributed by atoms with E-state index in [2.05, 4.69) is 18.2 Å². The lowest BCUT2D eigenvalue weighted by atomic mass is 10.2. The molecule has 2 nitrogen and oxygen atoms in total. The van der Waals surface area contributed by atoms with E-state index in [4.69, 9.17) is 5.11 Å². The van der Waals surface area contributed by atoms with Crippen molar-refractivity contribution in [2.75, 3.05) is 0 Å². The summed E-state index contributed by atoms with van der Waals surface area (Å²) in [7, 11) is 0. The molecule has 0 saturated heterocycles. The van der Waals surface area contributed by atoms with Crippen LogP contribution in [0.3, 0.4) is 0 Å². The molecule has 0 spiro atoms. The summed E-state index contributed by atoms with van der Waals surface area (Å²) in [4.78, 5) is 10.1. The van der Waals surface area contributed by atoms with Crippen LogP contribution in [0.5, 0.6) is 0 Å². The Labute approximate surface area is 85.6 Å². The summed E-state index contributed by atoms with van der Waals surface area (Å²) in [6.07, 6.45) is 15.1. The lowest BCUT2D eigenvalue weighted by molar-refractivity contribution is -0.131. The quantitative estimate of drug-likeness (QED) is 0.383. The number of hydrogen-bond donors (Lipinski definition) is 1. The fraction of sp³-hybridized carbons (Fsp3) is 0.417. The van der Waals surface area contributed by atoms with E-state index in [1.165, 1.54) is 6.08 Å². The van der Waals surface area contributed by atoms with E-state index >= 15 is 0 Å². The summed E-state index contributed by atoms with van der Waals surface area (Å²) in [6, 6.07) is 0. The van der Waals surface area contributed by atoms with Crippen molar-refractivity contribution in [3.05, 3.63) is 36.5 Å². The second-order valence-corrected chi connectivity index (χ2v) is 2.94. The summed E-state index contributed by atoms with van der Waals surface area (Å²) in [5.74, 6) is -0.873. The zero-order valence-corrected chi connectivity index (χ0v) is 8.65. The Morgan fingerprint density at radius 1 is 1.00 bits per heavy atom. The van der Waals surface area contributed by atoms with Crippen molar-refractivity contribution in [3.8, 4) is 0 Å². The van der Waals surface area contributed by atoms with Crippen molar-refractivity contribution in [3.63, 3.8) is 0 Å². The van der Waals surface area contributed by atoms with Gasteiger partial charge in [0.15, 0.2) is 0 Å². The van der Waals surface area contributed by atoms with E-state index in [9.17, 15) is 4.79 Å². The summed E-state index contributed by atoms with van der Waals surface area (Å²) in [5.41, 5.74) is 0. The molecule has 0 atom stereocenters. The molecule has 0 aromatic heterocycles. The smallest absolute Gasteiger partial charge is 0.327 e. The predicted octanol–water partition coefficient (Wildman–Crippen LogP) is 3.32. The Hall–Kier alpha value is -1.31. The van der Waals surface area contributed by atoms with Gasteiger partial charge in [-0.2, -0.15) is 0 Å². The van der Waals surface area contributed by atoms with Gasteiger partial charge in [0, 0.05) is 6.08 Å². The summed E-state index contributed by atoms with van der Waals surface area (Å²) >= 11 is 0. The van der Waals surface area contributed by atoms with Crippen LogP contribution in [-0.4, -0.2) is 11.1 Å². The number of rotatable bonds is 7. The van der Waals surface area contributed by atoms with Gasteiger partial charge >= 0.3 is 5.97 Å². The van der Waals surface area contributed by atoms with Gasteiger partial charge in [0.05, 0.1) is 0 Å². The predicted molar refractivity (Wildman–Crippen MR) is 59.2 cm³/mol. The van der Waals surface area contributed by atoms with E-state index in [0.717, 1.165) is 25.7 Å². The van der Waals surface area contributed by atoms with Gasteiger partial charge < -0.3 is 5.11 Å². The lowest BCUT2D eigenvalue weighted by Crippen LogP contribution is -1.85. The van der Waals surface area contributed by atoms with Gasteiger partial charge in [-0.1, -0.05) is 30.4 Å². The molecule has 2 heteroatoms. The Bertz CT molecular complexity index is 224. The van der Waals surface area contributed by atoms with Crippen molar-refractivity contribution in [1.29, 1.82) is 0 Å². The van der Waals surface area contributed by atoms with Gasteiger partial charge in [0.2, 0.25) is 0 Å². The Kier molecular flexibility index (Phi) is 8.86. The van der Waals surface area contributed by atoms with E-state index in [1.807, 2.05) is 13.0 Å². The van der Waals surface area contributed by atoms with Crippen molar-refractivity contribution in [2.24, 2.45) is 0 Å². The summed E-state index contributed by atoms with van der Waals surface area (Å²) in [6.45, 7) is 2.01. The minimum atomic E-state index is -0.873. The van der Waals surface area contributed by atoms with Crippen molar-refractivity contribution >= 4 is 5.97 Å². The van der Waals surface area contributed by atoms with E-state index < -0.39 is 5.97 Å². The Balaban J connectivity index is 3.31. The third-order valence-corrected chi connectivity index (χ3v) is 1.66. The van der Waals surface area contributed by atoms with Gasteiger partial charge in [0.1, 0.15) is 0 Å². The molecule has 0 aliphatic heterocycles. The van der Waals surface area contributed by atoms with Crippen LogP contribution in [0, 0.1) is 0 Å². The Morgan fingerprint density at radius 3 is 2.00 bits per heavy atom. The molecule has 0 unspecified atom stereocenters. The molecular weight excluding hydrogens is 176 g/mol. The fourth-order valence-electron chi connectivity index (χ4n) is 0.971. The van der Waals surface area contributed by atoms with E-state index in [1.54, 1.807) is 6.08 Å². The van der Waals surface area contributed by atoms with Crippen molar-refractivity contribution in [2.45, 2.75) is 32.6 Å². The molecule has 0 radical (unpaired) electrons. The van der Waals surface area contributed by atoms with Crippen LogP contribution in [0.2, 0.25) is 0 Å². The van der Waals surface area contributed by atoms with Gasteiger partial charge in [-0.05, 0) is 32.6 Å². The number of allylic oxidation sites excluding steroid dienone is 5. The lowest BCUT2D eigenvalue weighted by Gasteiger charge is -1.87. The van der Waals surface area contributed by atoms with Crippen LogP contribution in [0.15, 0.2) is 36.5 Å². The number of aliphatic carboxylic acids is 1. The van der Waals surface area contributed by atoms with E-state index in [-0.39, 0.29) is 0 Å². The average Bonchev–Trinajstić information content (AvgIpc) is 2.15. The van der Waals surface area contributed by atoms with Crippen molar-refractivity contribution < 1.29 is 9.90 Å². The molecule has 0 rings (SSSR count). The monoisotopic (exact) mass is 194 g/mol. The van der Waals surface area contributed by atoms with Gasteiger partial charge in [-0.25, -0.2) is 4.79 Å². The van der Waals surface area contributed by atoms with Crippen LogP contribution in [0.4, 0.5) is 0 Å². The standard InChI is InChI=1S/C12H18O2/c1-2-3-4-5-6-7-8-9-10-11-12(13)14/h2-3,6-7,10-11H,4-5,8-9H2,1H3,(H,13,14)/b3-2+,7-6+,11-10+. The molecule has 0 aliphatic carbocycles. The first-order valence-corrected chi connectivity index (χ1v) is 4.93. The minimum Gasteiger partial charge on any atom is -0.478 e. The first-order chi connectivity index (χ1) is 6.77.